The number of para-hydroxylation sites is 1. The molecule has 1 amide bonds. The minimum absolute atomic E-state index is 0.205. The van der Waals surface area contributed by atoms with E-state index >= 15 is 0 Å². The monoisotopic (exact) mass is 458 g/mol. The van der Waals surface area contributed by atoms with Gasteiger partial charge in [0, 0.05) is 39.3 Å². The number of hydrogen-bond acceptors (Lipinski definition) is 6. The van der Waals surface area contributed by atoms with Crippen molar-refractivity contribution in [3.8, 4) is 0 Å². The van der Waals surface area contributed by atoms with E-state index in [-0.39, 0.29) is 11.7 Å². The van der Waals surface area contributed by atoms with Gasteiger partial charge in [-0.05, 0) is 18.2 Å². The number of amides is 1. The topological polar surface area (TPSA) is 48.5 Å². The Bertz CT molecular complexity index is 1000. The van der Waals surface area contributed by atoms with Gasteiger partial charge in [-0.2, -0.15) is 0 Å². The number of rotatable bonds is 5. The van der Waals surface area contributed by atoms with Crippen LogP contribution in [0.2, 0.25) is 8.67 Å². The number of carbonyl (C=O) groups is 1. The van der Waals surface area contributed by atoms with Crippen molar-refractivity contribution in [2.45, 2.75) is 0 Å². The van der Waals surface area contributed by atoms with Gasteiger partial charge in [-0.25, -0.2) is 9.37 Å². The Morgan fingerprint density at radius 1 is 1.21 bits per heavy atom. The van der Waals surface area contributed by atoms with E-state index in [1.807, 2.05) is 6.07 Å². The summed E-state index contributed by atoms with van der Waals surface area (Å²) >= 11 is 14.6. The fourth-order valence-corrected chi connectivity index (χ4v) is 5.61. The first-order valence-electron chi connectivity index (χ1n) is 8.76. The lowest BCUT2D eigenvalue weighted by Crippen LogP contribution is -2.48. The lowest BCUT2D eigenvalue weighted by Gasteiger charge is -2.34. The maximum atomic E-state index is 13.9. The molecule has 5 nitrogen and oxygen atoms in total. The summed E-state index contributed by atoms with van der Waals surface area (Å²) in [4.78, 5) is 21.1. The molecule has 0 radical (unpaired) electrons. The molecule has 4 rings (SSSR count). The van der Waals surface area contributed by atoms with Crippen LogP contribution in [-0.2, 0) is 0 Å². The number of benzene rings is 1. The fourth-order valence-electron chi connectivity index (χ4n) is 3.12. The van der Waals surface area contributed by atoms with Gasteiger partial charge in [0.05, 0.1) is 14.6 Å². The summed E-state index contributed by atoms with van der Waals surface area (Å²) in [5, 5.41) is 3.74. The number of piperazine rings is 1. The molecular weight excluding hydrogens is 442 g/mol. The second-order valence-corrected chi connectivity index (χ2v) is 9.70. The van der Waals surface area contributed by atoms with E-state index in [1.165, 1.54) is 28.7 Å². The molecule has 0 unspecified atom stereocenters. The van der Waals surface area contributed by atoms with Crippen LogP contribution in [0.5, 0.6) is 0 Å². The molecule has 2 aromatic heterocycles. The number of carbonyl (C=O) groups excluding carboxylic acids is 1. The summed E-state index contributed by atoms with van der Waals surface area (Å²) in [7, 11) is 0. The van der Waals surface area contributed by atoms with E-state index in [9.17, 15) is 9.18 Å². The molecule has 3 aromatic rings. The predicted molar refractivity (Wildman–Crippen MR) is 115 cm³/mol. The molecule has 0 spiro atoms. The minimum atomic E-state index is -0.276. The zero-order chi connectivity index (χ0) is 19.7. The van der Waals surface area contributed by atoms with Crippen LogP contribution in [0.4, 0.5) is 9.52 Å². The van der Waals surface area contributed by atoms with Crippen LogP contribution in [0.25, 0.3) is 10.2 Å². The van der Waals surface area contributed by atoms with Crippen LogP contribution < -0.4 is 10.2 Å². The number of hydrogen-bond donors (Lipinski definition) is 1. The number of halogens is 3. The zero-order valence-corrected chi connectivity index (χ0v) is 17.9. The molecule has 0 atom stereocenters. The molecular formula is C18H17Cl2FN4OS2. The van der Waals surface area contributed by atoms with Crippen LogP contribution in [0.1, 0.15) is 10.4 Å². The van der Waals surface area contributed by atoms with Crippen molar-refractivity contribution in [2.75, 3.05) is 44.2 Å². The van der Waals surface area contributed by atoms with E-state index in [0.29, 0.717) is 26.3 Å². The van der Waals surface area contributed by atoms with Gasteiger partial charge in [0.25, 0.3) is 5.91 Å². The first-order chi connectivity index (χ1) is 13.5. The van der Waals surface area contributed by atoms with Crippen molar-refractivity contribution in [2.24, 2.45) is 0 Å². The molecule has 1 N–H and O–H groups in total. The summed E-state index contributed by atoms with van der Waals surface area (Å²) in [6.07, 6.45) is 0. The predicted octanol–water partition coefficient (Wildman–Crippen LogP) is 4.36. The number of nitrogens with zero attached hydrogens (tertiary/aromatic N) is 3. The Kier molecular flexibility index (Phi) is 6.03. The van der Waals surface area contributed by atoms with Gasteiger partial charge in [-0.15, -0.1) is 11.3 Å². The summed E-state index contributed by atoms with van der Waals surface area (Å²) in [6.45, 7) is 4.65. The molecule has 1 aromatic carbocycles. The Hall–Kier alpha value is -1.45. The summed E-state index contributed by atoms with van der Waals surface area (Å²) in [5.74, 6) is -0.482. The average molecular weight is 459 g/mol. The van der Waals surface area contributed by atoms with Gasteiger partial charge in [0.15, 0.2) is 5.13 Å². The Labute approximate surface area is 179 Å². The highest BCUT2D eigenvalue weighted by Crippen LogP contribution is 2.31. The molecule has 3 heterocycles. The third-order valence-corrected chi connectivity index (χ3v) is 7.19. The van der Waals surface area contributed by atoms with Crippen LogP contribution in [0, 0.1) is 5.82 Å². The molecule has 0 aliphatic carbocycles. The molecule has 28 heavy (non-hydrogen) atoms. The standard InChI is InChI=1S/C18H17Cl2FN4OS2/c19-14-10-11(16(20)28-14)17(26)22-4-5-24-6-8-25(9-7-24)18-23-15-12(21)2-1-3-13(15)27-18/h1-3,10H,4-9H2,(H,22,26). The third kappa shape index (κ3) is 4.26. The highest BCUT2D eigenvalue weighted by Gasteiger charge is 2.21. The van der Waals surface area contributed by atoms with Crippen molar-refractivity contribution in [3.63, 3.8) is 0 Å². The largest absolute Gasteiger partial charge is 0.351 e. The van der Waals surface area contributed by atoms with Crippen LogP contribution in [0.3, 0.4) is 0 Å². The first-order valence-corrected chi connectivity index (χ1v) is 11.2. The molecule has 1 fully saturated rings. The van der Waals surface area contributed by atoms with Crippen molar-refractivity contribution in [3.05, 3.63) is 44.3 Å². The van der Waals surface area contributed by atoms with E-state index in [1.54, 1.807) is 12.1 Å². The van der Waals surface area contributed by atoms with Gasteiger partial charge < -0.3 is 10.2 Å². The van der Waals surface area contributed by atoms with E-state index < -0.39 is 0 Å². The number of thiazole rings is 1. The summed E-state index contributed by atoms with van der Waals surface area (Å²) in [6, 6.07) is 6.63. The van der Waals surface area contributed by atoms with E-state index in [0.717, 1.165) is 42.6 Å². The van der Waals surface area contributed by atoms with Crippen molar-refractivity contribution < 1.29 is 9.18 Å². The number of aromatic nitrogens is 1. The molecule has 0 saturated carbocycles. The van der Waals surface area contributed by atoms with E-state index in [4.69, 9.17) is 23.2 Å². The van der Waals surface area contributed by atoms with Gasteiger partial charge in [-0.3, -0.25) is 9.69 Å². The molecule has 148 valence electrons. The zero-order valence-electron chi connectivity index (χ0n) is 14.8. The second-order valence-electron chi connectivity index (χ2n) is 6.41. The number of nitrogens with one attached hydrogen (secondary N) is 1. The Morgan fingerprint density at radius 3 is 2.68 bits per heavy atom. The van der Waals surface area contributed by atoms with Crippen LogP contribution >= 0.6 is 45.9 Å². The molecule has 10 heteroatoms. The Morgan fingerprint density at radius 2 is 2.00 bits per heavy atom. The first kappa shape index (κ1) is 19.8. The van der Waals surface area contributed by atoms with Crippen molar-refractivity contribution >= 4 is 67.1 Å². The smallest absolute Gasteiger partial charge is 0.253 e. The van der Waals surface area contributed by atoms with Gasteiger partial charge >= 0.3 is 0 Å². The quantitative estimate of drug-likeness (QED) is 0.616. The molecule has 0 bridgehead atoms. The minimum Gasteiger partial charge on any atom is -0.351 e. The number of fused-ring (bicyclic) bond motifs is 1. The van der Waals surface area contributed by atoms with Gasteiger partial charge in [0.1, 0.15) is 15.7 Å². The number of thiophene rings is 1. The van der Waals surface area contributed by atoms with Crippen molar-refractivity contribution in [1.82, 2.24) is 15.2 Å². The summed E-state index contributed by atoms with van der Waals surface area (Å²) < 4.78 is 15.6. The SMILES string of the molecule is O=C(NCCN1CCN(c2nc3c(F)cccc3s2)CC1)c1cc(Cl)sc1Cl. The van der Waals surface area contributed by atoms with Gasteiger partial charge in [-0.1, -0.05) is 40.6 Å². The second kappa shape index (κ2) is 8.51. The van der Waals surface area contributed by atoms with Gasteiger partial charge in [0.2, 0.25) is 0 Å². The van der Waals surface area contributed by atoms with Crippen LogP contribution in [-0.4, -0.2) is 55.1 Å². The van der Waals surface area contributed by atoms with Crippen molar-refractivity contribution in [1.29, 1.82) is 0 Å². The average Bonchev–Trinajstić information content (AvgIpc) is 3.26. The summed E-state index contributed by atoms with van der Waals surface area (Å²) in [5.41, 5.74) is 0.865. The van der Waals surface area contributed by atoms with Crippen LogP contribution in [0.15, 0.2) is 24.3 Å². The Balaban J connectivity index is 1.26. The maximum Gasteiger partial charge on any atom is 0.253 e. The van der Waals surface area contributed by atoms with E-state index in [2.05, 4.69) is 20.1 Å². The lowest BCUT2D eigenvalue weighted by molar-refractivity contribution is 0.0948. The molecule has 1 aliphatic rings. The highest BCUT2D eigenvalue weighted by atomic mass is 35.5. The maximum absolute atomic E-state index is 13.9. The highest BCUT2D eigenvalue weighted by molar-refractivity contribution is 7.22. The lowest BCUT2D eigenvalue weighted by atomic mass is 10.3. The number of anilines is 1. The molecule has 1 aliphatic heterocycles. The third-order valence-electron chi connectivity index (χ3n) is 4.62. The fraction of sp³-hybridized carbons (Fsp3) is 0.333. The normalized spacial score (nSPS) is 15.3. The molecule has 1 saturated heterocycles.